The van der Waals surface area contributed by atoms with Crippen LogP contribution in [0.2, 0.25) is 0 Å². The van der Waals surface area contributed by atoms with E-state index in [-0.39, 0.29) is 16.2 Å². The maximum Gasteiger partial charge on any atom is 0.226 e. The molecule has 3 aliphatic heterocycles. The summed E-state index contributed by atoms with van der Waals surface area (Å²) in [5.74, 6) is 2.45. The number of nitrogens with zero attached hydrogens (tertiary/aromatic N) is 1. The second-order valence-electron chi connectivity index (χ2n) is 11.6. The van der Waals surface area contributed by atoms with Crippen LogP contribution in [-0.2, 0) is 10.2 Å². The Bertz CT molecular complexity index is 822. The first-order valence-electron chi connectivity index (χ1n) is 12.2. The van der Waals surface area contributed by atoms with Crippen LogP contribution in [0.25, 0.3) is 0 Å². The molecule has 4 heteroatoms. The zero-order valence-corrected chi connectivity index (χ0v) is 18.8. The van der Waals surface area contributed by atoms with Gasteiger partial charge in [0.2, 0.25) is 5.91 Å². The fourth-order valence-electron chi connectivity index (χ4n) is 8.93. The van der Waals surface area contributed by atoms with Crippen molar-refractivity contribution in [3.63, 3.8) is 0 Å². The first-order chi connectivity index (χ1) is 14.5. The molecule has 7 aliphatic rings. The molecule has 0 spiro atoms. The average Bonchev–Trinajstić information content (AvgIpc) is 2.74. The van der Waals surface area contributed by atoms with Crippen LogP contribution >= 0.6 is 11.6 Å². The Morgan fingerprint density at radius 2 is 1.87 bits per heavy atom. The molecule has 4 aliphatic carbocycles. The lowest BCUT2D eigenvalue weighted by atomic mass is 9.38. The van der Waals surface area contributed by atoms with Crippen molar-refractivity contribution in [3.05, 3.63) is 35.9 Å². The molecule has 0 radical (unpaired) electrons. The minimum atomic E-state index is -0.187. The number of halogens is 1. The van der Waals surface area contributed by atoms with Crippen LogP contribution in [0.3, 0.4) is 0 Å². The van der Waals surface area contributed by atoms with Gasteiger partial charge in [-0.25, -0.2) is 0 Å². The van der Waals surface area contributed by atoms with Crippen LogP contribution < -0.4 is 5.32 Å². The van der Waals surface area contributed by atoms with Gasteiger partial charge in [0, 0.05) is 18.5 Å². The zero-order chi connectivity index (χ0) is 20.4. The van der Waals surface area contributed by atoms with E-state index in [4.69, 9.17) is 11.6 Å². The van der Waals surface area contributed by atoms with Gasteiger partial charge in [-0.3, -0.25) is 4.79 Å². The number of amides is 1. The van der Waals surface area contributed by atoms with Crippen molar-refractivity contribution >= 4 is 17.5 Å². The molecule has 5 atom stereocenters. The highest BCUT2D eigenvalue weighted by atomic mass is 35.5. The number of hydrogen-bond acceptors (Lipinski definition) is 2. The van der Waals surface area contributed by atoms with Gasteiger partial charge in [0.25, 0.3) is 0 Å². The average molecular weight is 427 g/mol. The van der Waals surface area contributed by atoms with E-state index < -0.39 is 0 Å². The Balaban J connectivity index is 1.33. The lowest BCUT2D eigenvalue weighted by Gasteiger charge is -2.66. The van der Waals surface area contributed by atoms with Gasteiger partial charge in [-0.1, -0.05) is 30.3 Å². The number of hydrogen-bond donors (Lipinski definition) is 1. The zero-order valence-electron chi connectivity index (χ0n) is 18.0. The summed E-state index contributed by atoms with van der Waals surface area (Å²) in [7, 11) is 0. The van der Waals surface area contributed by atoms with E-state index in [1.54, 1.807) is 0 Å². The molecule has 30 heavy (non-hydrogen) atoms. The molecule has 2 unspecified atom stereocenters. The molecule has 3 saturated heterocycles. The lowest BCUT2D eigenvalue weighted by molar-refractivity contribution is -0.164. The summed E-state index contributed by atoms with van der Waals surface area (Å²) in [6.07, 6.45) is 10.5. The molecule has 3 heterocycles. The third-order valence-electron chi connectivity index (χ3n) is 9.65. The van der Waals surface area contributed by atoms with Crippen molar-refractivity contribution in [2.24, 2.45) is 22.7 Å². The van der Waals surface area contributed by atoms with Crippen LogP contribution in [0.4, 0.5) is 0 Å². The number of rotatable bonds is 5. The predicted octanol–water partition coefficient (Wildman–Crippen LogP) is 4.73. The fraction of sp³-hybridized carbons (Fsp3) is 0.731. The number of alkyl halides is 1. The minimum Gasteiger partial charge on any atom is -0.351 e. The van der Waals surface area contributed by atoms with E-state index in [1.165, 1.54) is 50.8 Å². The van der Waals surface area contributed by atoms with Gasteiger partial charge in [-0.15, -0.1) is 11.6 Å². The molecule has 6 bridgehead atoms. The molecule has 162 valence electrons. The highest BCUT2D eigenvalue weighted by Gasteiger charge is 2.65. The van der Waals surface area contributed by atoms with Gasteiger partial charge in [0.15, 0.2) is 0 Å². The number of nitrogens with one attached hydrogen (secondary N) is 1. The largest absolute Gasteiger partial charge is 0.351 e. The SMILES string of the molecule is O=C(N[C@@H]1CN2CCC1CC2)C12CC3C[C@@](CCCl)(C1)C[C@](c1ccccc1)(C3)C2. The van der Waals surface area contributed by atoms with Crippen LogP contribution in [0.1, 0.15) is 63.4 Å². The Hall–Kier alpha value is -1.06. The number of benzene rings is 1. The topological polar surface area (TPSA) is 32.3 Å². The molecule has 1 N–H and O–H groups in total. The molecule has 0 aromatic heterocycles. The quantitative estimate of drug-likeness (QED) is 0.690. The molecular weight excluding hydrogens is 392 g/mol. The number of piperidine rings is 3. The first kappa shape index (κ1) is 19.6. The van der Waals surface area contributed by atoms with E-state index >= 15 is 0 Å². The Kier molecular flexibility index (Phi) is 4.56. The third kappa shape index (κ3) is 2.98. The minimum absolute atomic E-state index is 0.166. The normalized spacial score (nSPS) is 46.2. The van der Waals surface area contributed by atoms with E-state index in [1.807, 2.05) is 0 Å². The Labute approximate surface area is 185 Å². The highest BCUT2D eigenvalue weighted by Crippen LogP contribution is 2.71. The predicted molar refractivity (Wildman–Crippen MR) is 121 cm³/mol. The summed E-state index contributed by atoms with van der Waals surface area (Å²) in [6.45, 7) is 3.51. The molecule has 7 fully saturated rings. The molecule has 1 aromatic rings. The van der Waals surface area contributed by atoms with Gasteiger partial charge in [-0.2, -0.15) is 0 Å². The lowest BCUT2D eigenvalue weighted by Crippen LogP contribution is -2.65. The number of carbonyl (C=O) groups excluding carboxylic acids is 1. The molecule has 3 nitrogen and oxygen atoms in total. The Morgan fingerprint density at radius 1 is 1.07 bits per heavy atom. The first-order valence-corrected chi connectivity index (χ1v) is 12.7. The summed E-state index contributed by atoms with van der Waals surface area (Å²) in [5.41, 5.74) is 1.70. The van der Waals surface area contributed by atoms with Crippen LogP contribution in [-0.4, -0.2) is 42.4 Å². The van der Waals surface area contributed by atoms with Gasteiger partial charge < -0.3 is 10.2 Å². The molecule has 1 aromatic carbocycles. The van der Waals surface area contributed by atoms with E-state index in [0.717, 1.165) is 38.1 Å². The smallest absolute Gasteiger partial charge is 0.226 e. The van der Waals surface area contributed by atoms with Crippen molar-refractivity contribution < 1.29 is 4.79 Å². The summed E-state index contributed by atoms with van der Waals surface area (Å²) < 4.78 is 0. The summed E-state index contributed by atoms with van der Waals surface area (Å²) in [4.78, 5) is 16.5. The van der Waals surface area contributed by atoms with Crippen LogP contribution in [0.15, 0.2) is 30.3 Å². The van der Waals surface area contributed by atoms with Crippen molar-refractivity contribution in [1.82, 2.24) is 10.2 Å². The van der Waals surface area contributed by atoms with Gasteiger partial charge in [0.1, 0.15) is 0 Å². The standard InChI is InChI=1S/C26H35ClN2O/c27-9-8-24-12-19-13-25(16-24,21-4-2-1-3-5-21)18-26(14-19,17-24)23(30)28-22-15-29-10-6-20(22)7-11-29/h1-5,19-20,22H,6-18H2,(H,28,30)/t19?,22-,24-,25-,26?/m1/s1. The molecular formula is C26H35ClN2O. The fourth-order valence-corrected chi connectivity index (χ4v) is 9.34. The molecule has 8 rings (SSSR count). The molecule has 4 saturated carbocycles. The third-order valence-corrected chi connectivity index (χ3v) is 9.84. The van der Waals surface area contributed by atoms with E-state index in [0.29, 0.717) is 23.8 Å². The maximum absolute atomic E-state index is 14.0. The Morgan fingerprint density at radius 3 is 2.57 bits per heavy atom. The van der Waals surface area contributed by atoms with Crippen molar-refractivity contribution in [1.29, 1.82) is 0 Å². The van der Waals surface area contributed by atoms with Crippen molar-refractivity contribution in [2.45, 2.75) is 69.2 Å². The van der Waals surface area contributed by atoms with Gasteiger partial charge in [0.05, 0.1) is 5.41 Å². The van der Waals surface area contributed by atoms with E-state index in [2.05, 4.69) is 40.5 Å². The van der Waals surface area contributed by atoms with Crippen LogP contribution in [0.5, 0.6) is 0 Å². The van der Waals surface area contributed by atoms with Gasteiger partial charge >= 0.3 is 0 Å². The number of fused-ring (bicyclic) bond motifs is 3. The summed E-state index contributed by atoms with van der Waals surface area (Å²) in [6, 6.07) is 11.5. The highest BCUT2D eigenvalue weighted by molar-refractivity contribution is 6.17. The summed E-state index contributed by atoms with van der Waals surface area (Å²) in [5, 5.41) is 3.62. The summed E-state index contributed by atoms with van der Waals surface area (Å²) >= 11 is 6.35. The van der Waals surface area contributed by atoms with Gasteiger partial charge in [-0.05, 0) is 99.1 Å². The van der Waals surface area contributed by atoms with Crippen LogP contribution in [0, 0.1) is 22.7 Å². The second kappa shape index (κ2) is 6.97. The maximum atomic E-state index is 14.0. The van der Waals surface area contributed by atoms with Crippen molar-refractivity contribution in [2.75, 3.05) is 25.5 Å². The monoisotopic (exact) mass is 426 g/mol. The van der Waals surface area contributed by atoms with Crippen molar-refractivity contribution in [3.8, 4) is 0 Å². The van der Waals surface area contributed by atoms with E-state index in [9.17, 15) is 4.79 Å². The number of carbonyl (C=O) groups is 1. The molecule has 1 amide bonds. The second-order valence-corrected chi connectivity index (χ2v) is 12.0.